The zero-order chi connectivity index (χ0) is 12.1. The molecule has 0 saturated carbocycles. The van der Waals surface area contributed by atoms with Gasteiger partial charge in [0, 0.05) is 32.7 Å². The first-order valence-corrected chi connectivity index (χ1v) is 7.60. The lowest BCUT2D eigenvalue weighted by Crippen LogP contribution is -2.51. The van der Waals surface area contributed by atoms with Gasteiger partial charge in [0.25, 0.3) is 0 Å². The molecule has 0 aromatic rings. The highest BCUT2D eigenvalue weighted by Gasteiger charge is 2.28. The first-order chi connectivity index (χ1) is 8.31. The van der Waals surface area contributed by atoms with E-state index >= 15 is 0 Å². The monoisotopic (exact) mass is 258 g/mol. The van der Waals surface area contributed by atoms with Crippen molar-refractivity contribution in [2.45, 2.75) is 24.5 Å². The van der Waals surface area contributed by atoms with Crippen molar-refractivity contribution in [1.29, 1.82) is 0 Å². The molecule has 98 valence electrons. The molecule has 0 aromatic heterocycles. The predicted molar refractivity (Wildman–Crippen MR) is 70.2 cm³/mol. The van der Waals surface area contributed by atoms with E-state index in [0.717, 1.165) is 44.9 Å². The van der Waals surface area contributed by atoms with Crippen molar-refractivity contribution < 1.29 is 9.90 Å². The summed E-state index contributed by atoms with van der Waals surface area (Å²) >= 11 is 1.83. The number of β-amino-alcohol motifs (C(OH)–C–C–N with tert-alkyl or cyclic N) is 1. The number of carbonyl (C=O) groups excluding carboxylic acids is 1. The van der Waals surface area contributed by atoms with E-state index in [1.807, 2.05) is 16.7 Å². The van der Waals surface area contributed by atoms with Crippen molar-refractivity contribution >= 4 is 17.7 Å². The topological polar surface area (TPSA) is 43.8 Å². The first kappa shape index (κ1) is 13.2. The molecule has 2 heterocycles. The summed E-state index contributed by atoms with van der Waals surface area (Å²) in [6, 6.07) is 0. The van der Waals surface area contributed by atoms with Crippen LogP contribution in [0.25, 0.3) is 0 Å². The summed E-state index contributed by atoms with van der Waals surface area (Å²) in [4.78, 5) is 16.5. The van der Waals surface area contributed by atoms with E-state index in [1.54, 1.807) is 0 Å². The lowest BCUT2D eigenvalue weighted by Gasteiger charge is -2.36. The number of aliphatic hydroxyl groups excluding tert-OH is 1. The van der Waals surface area contributed by atoms with Gasteiger partial charge in [0.1, 0.15) is 0 Å². The fourth-order valence-corrected chi connectivity index (χ4v) is 3.75. The van der Waals surface area contributed by atoms with Crippen LogP contribution in [0, 0.1) is 0 Å². The minimum Gasteiger partial charge on any atom is -0.395 e. The van der Waals surface area contributed by atoms with Crippen LogP contribution >= 0.6 is 11.8 Å². The lowest BCUT2D eigenvalue weighted by molar-refractivity contribution is -0.132. The first-order valence-electron chi connectivity index (χ1n) is 6.55. The average molecular weight is 258 g/mol. The second-order valence-electron chi connectivity index (χ2n) is 4.75. The van der Waals surface area contributed by atoms with Crippen LogP contribution in [0.3, 0.4) is 0 Å². The van der Waals surface area contributed by atoms with Gasteiger partial charge in [-0.05, 0) is 18.6 Å². The van der Waals surface area contributed by atoms with Crippen molar-refractivity contribution in [3.63, 3.8) is 0 Å². The van der Waals surface area contributed by atoms with Gasteiger partial charge in [0.05, 0.1) is 11.9 Å². The summed E-state index contributed by atoms with van der Waals surface area (Å²) in [5.41, 5.74) is 0. The van der Waals surface area contributed by atoms with E-state index in [0.29, 0.717) is 5.91 Å². The zero-order valence-corrected chi connectivity index (χ0v) is 11.1. The Balaban J connectivity index is 1.77. The van der Waals surface area contributed by atoms with Gasteiger partial charge >= 0.3 is 0 Å². The third-order valence-electron chi connectivity index (χ3n) is 3.56. The molecule has 17 heavy (non-hydrogen) atoms. The predicted octanol–water partition coefficient (Wildman–Crippen LogP) is 0.409. The van der Waals surface area contributed by atoms with Crippen LogP contribution in [0.5, 0.6) is 0 Å². The minimum atomic E-state index is 0.215. The summed E-state index contributed by atoms with van der Waals surface area (Å²) in [5.74, 6) is 1.49. The molecule has 2 rings (SSSR count). The third-order valence-corrected chi connectivity index (χ3v) is 4.92. The fourth-order valence-electron chi connectivity index (χ4n) is 2.47. The number of carbonyl (C=O) groups is 1. The van der Waals surface area contributed by atoms with E-state index in [-0.39, 0.29) is 11.9 Å². The van der Waals surface area contributed by atoms with E-state index in [9.17, 15) is 4.79 Å². The number of rotatable bonds is 3. The standard InChI is InChI=1S/C12H22N2O2S/c15-9-8-13-4-6-14(7-5-13)12(16)11-3-1-2-10-17-11/h11,15H,1-10H2. The SMILES string of the molecule is O=C(C1CCCCS1)N1CCN(CCO)CC1. The van der Waals surface area contributed by atoms with Crippen molar-refractivity contribution in [2.75, 3.05) is 45.1 Å². The fraction of sp³-hybridized carbons (Fsp3) is 0.917. The molecule has 0 bridgehead atoms. The molecule has 1 atom stereocenters. The molecule has 2 aliphatic heterocycles. The van der Waals surface area contributed by atoms with Crippen molar-refractivity contribution in [1.82, 2.24) is 9.80 Å². The van der Waals surface area contributed by atoms with Crippen LogP contribution in [0.4, 0.5) is 0 Å². The highest BCUT2D eigenvalue weighted by molar-refractivity contribution is 8.00. The minimum absolute atomic E-state index is 0.215. The summed E-state index contributed by atoms with van der Waals surface area (Å²) < 4.78 is 0. The maximum atomic E-state index is 12.3. The molecule has 0 radical (unpaired) electrons. The Hall–Kier alpha value is -0.260. The van der Waals surface area contributed by atoms with Gasteiger partial charge in [-0.15, -0.1) is 11.8 Å². The third kappa shape index (κ3) is 3.60. The number of amides is 1. The molecule has 4 nitrogen and oxygen atoms in total. The van der Waals surface area contributed by atoms with E-state index in [2.05, 4.69) is 4.90 Å². The van der Waals surface area contributed by atoms with Gasteiger partial charge in [0.2, 0.25) is 5.91 Å². The molecule has 0 aliphatic carbocycles. The molecule has 0 aromatic carbocycles. The number of hydrogen-bond donors (Lipinski definition) is 1. The van der Waals surface area contributed by atoms with Crippen molar-refractivity contribution in [3.8, 4) is 0 Å². The molecular weight excluding hydrogens is 236 g/mol. The quantitative estimate of drug-likeness (QED) is 0.796. The second-order valence-corrected chi connectivity index (χ2v) is 6.06. The molecule has 2 aliphatic rings. The summed E-state index contributed by atoms with van der Waals surface area (Å²) in [6.07, 6.45) is 3.52. The molecule has 1 amide bonds. The van der Waals surface area contributed by atoms with E-state index in [1.165, 1.54) is 12.8 Å². The van der Waals surface area contributed by atoms with Gasteiger partial charge in [-0.1, -0.05) is 6.42 Å². The van der Waals surface area contributed by atoms with Crippen LogP contribution in [-0.2, 0) is 4.79 Å². The van der Waals surface area contributed by atoms with Crippen LogP contribution in [-0.4, -0.2) is 71.1 Å². The number of nitrogens with zero attached hydrogens (tertiary/aromatic N) is 2. The van der Waals surface area contributed by atoms with Gasteiger partial charge in [0.15, 0.2) is 0 Å². The van der Waals surface area contributed by atoms with E-state index in [4.69, 9.17) is 5.11 Å². The van der Waals surface area contributed by atoms with Crippen LogP contribution in [0.15, 0.2) is 0 Å². The summed E-state index contributed by atoms with van der Waals surface area (Å²) in [5, 5.41) is 9.09. The molecule has 2 fully saturated rings. The van der Waals surface area contributed by atoms with Gasteiger partial charge < -0.3 is 10.0 Å². The van der Waals surface area contributed by atoms with Gasteiger partial charge in [-0.3, -0.25) is 9.69 Å². The maximum Gasteiger partial charge on any atom is 0.235 e. The zero-order valence-electron chi connectivity index (χ0n) is 10.3. The number of hydrogen-bond acceptors (Lipinski definition) is 4. The Kier molecular flexibility index (Phi) is 5.13. The Labute approximate surface area is 107 Å². The Morgan fingerprint density at radius 1 is 1.24 bits per heavy atom. The van der Waals surface area contributed by atoms with Gasteiger partial charge in [-0.25, -0.2) is 0 Å². The average Bonchev–Trinajstić information content (AvgIpc) is 2.40. The van der Waals surface area contributed by atoms with E-state index < -0.39 is 0 Å². The van der Waals surface area contributed by atoms with Crippen molar-refractivity contribution in [2.24, 2.45) is 0 Å². The highest BCUT2D eigenvalue weighted by atomic mass is 32.2. The Morgan fingerprint density at radius 2 is 2.00 bits per heavy atom. The molecule has 1 N–H and O–H groups in total. The van der Waals surface area contributed by atoms with Gasteiger partial charge in [-0.2, -0.15) is 0 Å². The highest BCUT2D eigenvalue weighted by Crippen LogP contribution is 2.26. The summed E-state index contributed by atoms with van der Waals surface area (Å²) in [7, 11) is 0. The number of aliphatic hydroxyl groups is 1. The molecular formula is C12H22N2O2S. The largest absolute Gasteiger partial charge is 0.395 e. The number of piperazine rings is 1. The van der Waals surface area contributed by atoms with Crippen LogP contribution in [0.2, 0.25) is 0 Å². The normalized spacial score (nSPS) is 27.1. The Bertz CT molecular complexity index is 249. The van der Waals surface area contributed by atoms with Crippen molar-refractivity contribution in [3.05, 3.63) is 0 Å². The lowest BCUT2D eigenvalue weighted by atomic mass is 10.1. The molecule has 2 saturated heterocycles. The molecule has 1 unspecified atom stereocenters. The maximum absolute atomic E-state index is 12.3. The molecule has 0 spiro atoms. The summed E-state index contributed by atoms with van der Waals surface area (Å²) in [6.45, 7) is 4.42. The Morgan fingerprint density at radius 3 is 2.59 bits per heavy atom. The number of thioether (sulfide) groups is 1. The molecule has 5 heteroatoms. The smallest absolute Gasteiger partial charge is 0.235 e. The second kappa shape index (κ2) is 6.61. The van der Waals surface area contributed by atoms with Crippen LogP contribution < -0.4 is 0 Å². The van der Waals surface area contributed by atoms with Crippen LogP contribution in [0.1, 0.15) is 19.3 Å².